The Kier molecular flexibility index (Phi) is 5.32. The van der Waals surface area contributed by atoms with Crippen LogP contribution in [0.5, 0.6) is 0 Å². The average molecular weight is 321 g/mol. The second-order valence-electron chi connectivity index (χ2n) is 5.33. The van der Waals surface area contributed by atoms with Gasteiger partial charge in [-0.15, -0.1) is 11.3 Å². The molecule has 0 aromatic carbocycles. The number of thiazole rings is 1. The molecule has 7 heteroatoms. The summed E-state index contributed by atoms with van der Waals surface area (Å²) < 4.78 is 4.98. The number of nitrogens with zero attached hydrogens (tertiary/aromatic N) is 1. The summed E-state index contributed by atoms with van der Waals surface area (Å²) in [5.74, 6) is -0.506. The maximum atomic E-state index is 11.9. The number of aryl methyl sites for hydroxylation is 1. The van der Waals surface area contributed by atoms with Crippen LogP contribution >= 0.6 is 11.3 Å². The van der Waals surface area contributed by atoms with Gasteiger partial charge in [0.25, 0.3) is 5.91 Å². The van der Waals surface area contributed by atoms with Gasteiger partial charge in [-0.2, -0.15) is 0 Å². The number of nitrogens with one attached hydrogen (secondary N) is 2. The van der Waals surface area contributed by atoms with Crippen molar-refractivity contribution < 1.29 is 14.3 Å². The van der Waals surface area contributed by atoms with E-state index < -0.39 is 5.97 Å². The largest absolute Gasteiger partial charge is 0.451 e. The van der Waals surface area contributed by atoms with Crippen molar-refractivity contribution in [3.8, 4) is 11.3 Å². The highest BCUT2D eigenvalue weighted by atomic mass is 32.1. The summed E-state index contributed by atoms with van der Waals surface area (Å²) in [6.07, 6.45) is 1.70. The summed E-state index contributed by atoms with van der Waals surface area (Å²) in [7, 11) is 0. The molecule has 2 N–H and O–H groups in total. The molecule has 2 aromatic heterocycles. The minimum atomic E-state index is -0.558. The van der Waals surface area contributed by atoms with Gasteiger partial charge in [-0.3, -0.25) is 4.79 Å². The number of esters is 1. The first-order chi connectivity index (χ1) is 10.5. The van der Waals surface area contributed by atoms with E-state index in [-0.39, 0.29) is 12.5 Å². The monoisotopic (exact) mass is 321 g/mol. The van der Waals surface area contributed by atoms with Gasteiger partial charge in [-0.1, -0.05) is 13.8 Å². The smallest absolute Gasteiger partial charge is 0.355 e. The average Bonchev–Trinajstić information content (AvgIpc) is 3.11. The lowest BCUT2D eigenvalue weighted by atomic mass is 10.2. The Morgan fingerprint density at radius 3 is 2.86 bits per heavy atom. The molecule has 0 saturated heterocycles. The number of carbonyl (C=O) groups is 2. The minimum absolute atomic E-state index is 0.282. The summed E-state index contributed by atoms with van der Waals surface area (Å²) in [5.41, 5.74) is 1.94. The van der Waals surface area contributed by atoms with Crippen LogP contribution in [0.4, 0.5) is 0 Å². The van der Waals surface area contributed by atoms with Gasteiger partial charge < -0.3 is 15.0 Å². The molecule has 0 bridgehead atoms. The maximum absolute atomic E-state index is 11.9. The van der Waals surface area contributed by atoms with Gasteiger partial charge in [-0.25, -0.2) is 9.78 Å². The van der Waals surface area contributed by atoms with E-state index in [4.69, 9.17) is 4.74 Å². The summed E-state index contributed by atoms with van der Waals surface area (Å²) in [6.45, 7) is 6.19. The van der Waals surface area contributed by atoms with Crippen molar-refractivity contribution in [1.29, 1.82) is 0 Å². The van der Waals surface area contributed by atoms with Crippen LogP contribution in [0, 0.1) is 12.8 Å². The molecular formula is C15H19N3O3S. The van der Waals surface area contributed by atoms with Crippen LogP contribution in [0.25, 0.3) is 11.3 Å². The molecule has 2 aromatic rings. The van der Waals surface area contributed by atoms with Gasteiger partial charge in [0, 0.05) is 23.7 Å². The predicted octanol–water partition coefficient (Wildman–Crippen LogP) is 2.38. The highest BCUT2D eigenvalue weighted by Gasteiger charge is 2.14. The molecule has 1 amide bonds. The van der Waals surface area contributed by atoms with Crippen LogP contribution in [-0.4, -0.2) is 35.0 Å². The first kappa shape index (κ1) is 16.2. The molecule has 0 fully saturated rings. The van der Waals surface area contributed by atoms with Crippen molar-refractivity contribution in [1.82, 2.24) is 15.3 Å². The molecule has 118 valence electrons. The van der Waals surface area contributed by atoms with E-state index in [2.05, 4.69) is 15.3 Å². The highest BCUT2D eigenvalue weighted by molar-refractivity contribution is 7.09. The summed E-state index contributed by atoms with van der Waals surface area (Å²) >= 11 is 1.54. The first-order valence-electron chi connectivity index (χ1n) is 7.00. The summed E-state index contributed by atoms with van der Waals surface area (Å²) in [4.78, 5) is 30.6. The molecule has 0 radical (unpaired) electrons. The lowest BCUT2D eigenvalue weighted by Crippen LogP contribution is -2.31. The third-order valence-electron chi connectivity index (χ3n) is 2.86. The Balaban J connectivity index is 1.88. The normalized spacial score (nSPS) is 10.7. The zero-order valence-electron chi connectivity index (χ0n) is 12.8. The van der Waals surface area contributed by atoms with Crippen molar-refractivity contribution in [2.45, 2.75) is 20.8 Å². The lowest BCUT2D eigenvalue weighted by molar-refractivity contribution is -0.124. The fourth-order valence-electron chi connectivity index (χ4n) is 1.73. The fourth-order valence-corrected chi connectivity index (χ4v) is 2.36. The van der Waals surface area contributed by atoms with Crippen LogP contribution in [0.1, 0.15) is 29.3 Å². The number of carbonyl (C=O) groups excluding carboxylic acids is 2. The number of ether oxygens (including phenoxy) is 1. The quantitative estimate of drug-likeness (QED) is 0.800. The van der Waals surface area contributed by atoms with E-state index in [0.29, 0.717) is 18.2 Å². The number of hydrogen-bond acceptors (Lipinski definition) is 5. The van der Waals surface area contributed by atoms with Crippen molar-refractivity contribution in [2.75, 3.05) is 13.2 Å². The summed E-state index contributed by atoms with van der Waals surface area (Å²) in [6, 6.07) is 1.67. The predicted molar refractivity (Wildman–Crippen MR) is 84.8 cm³/mol. The van der Waals surface area contributed by atoms with Gasteiger partial charge in [0.1, 0.15) is 5.69 Å². The van der Waals surface area contributed by atoms with E-state index in [0.717, 1.165) is 16.3 Å². The van der Waals surface area contributed by atoms with Crippen molar-refractivity contribution >= 4 is 23.2 Å². The Bertz CT molecular complexity index is 661. The van der Waals surface area contributed by atoms with Crippen LogP contribution in [0.3, 0.4) is 0 Å². The number of rotatable bonds is 6. The second kappa shape index (κ2) is 7.22. The van der Waals surface area contributed by atoms with Crippen LogP contribution < -0.4 is 5.32 Å². The van der Waals surface area contributed by atoms with E-state index in [1.165, 1.54) is 0 Å². The SMILES string of the molecule is Cc1nc(-c2c[nH]c(C(=O)OCC(=O)NCC(C)C)c2)cs1. The highest BCUT2D eigenvalue weighted by Crippen LogP contribution is 2.22. The number of H-pyrrole nitrogens is 1. The molecular weight excluding hydrogens is 302 g/mol. The van der Waals surface area contributed by atoms with Crippen LogP contribution in [0.2, 0.25) is 0 Å². The Hall–Kier alpha value is -2.15. The molecule has 0 spiro atoms. The number of hydrogen-bond donors (Lipinski definition) is 2. The van der Waals surface area contributed by atoms with E-state index >= 15 is 0 Å². The Morgan fingerprint density at radius 2 is 2.23 bits per heavy atom. The molecule has 2 rings (SSSR count). The standard InChI is InChI=1S/C15H19N3O3S/c1-9(2)5-17-14(19)7-21-15(20)12-4-11(6-16-12)13-8-22-10(3)18-13/h4,6,8-9,16H,5,7H2,1-3H3,(H,17,19). The van der Waals surface area contributed by atoms with Gasteiger partial charge >= 0.3 is 5.97 Å². The van der Waals surface area contributed by atoms with Gasteiger partial charge in [0.2, 0.25) is 0 Å². The zero-order chi connectivity index (χ0) is 16.1. The third kappa shape index (κ3) is 4.42. The molecule has 0 aliphatic rings. The molecule has 0 aliphatic carbocycles. The van der Waals surface area contributed by atoms with Gasteiger partial charge in [0.05, 0.1) is 10.7 Å². The van der Waals surface area contributed by atoms with E-state index in [1.807, 2.05) is 26.2 Å². The third-order valence-corrected chi connectivity index (χ3v) is 3.63. The number of aromatic amines is 1. The molecule has 0 atom stereocenters. The fraction of sp³-hybridized carbons (Fsp3) is 0.400. The second-order valence-corrected chi connectivity index (χ2v) is 6.39. The van der Waals surface area contributed by atoms with Crippen molar-refractivity contribution in [2.24, 2.45) is 5.92 Å². The summed E-state index contributed by atoms with van der Waals surface area (Å²) in [5, 5.41) is 5.57. The molecule has 0 saturated carbocycles. The van der Waals surface area contributed by atoms with Gasteiger partial charge in [0.15, 0.2) is 6.61 Å². The first-order valence-corrected chi connectivity index (χ1v) is 7.88. The minimum Gasteiger partial charge on any atom is -0.451 e. The van der Waals surface area contributed by atoms with Crippen molar-refractivity contribution in [3.05, 3.63) is 28.3 Å². The Labute approximate surface area is 132 Å². The van der Waals surface area contributed by atoms with E-state index in [1.54, 1.807) is 23.6 Å². The maximum Gasteiger partial charge on any atom is 0.355 e. The topological polar surface area (TPSA) is 84.1 Å². The lowest BCUT2D eigenvalue weighted by Gasteiger charge is -2.07. The molecule has 6 nitrogen and oxygen atoms in total. The van der Waals surface area contributed by atoms with Crippen LogP contribution in [0.15, 0.2) is 17.6 Å². The number of amides is 1. The Morgan fingerprint density at radius 1 is 1.45 bits per heavy atom. The van der Waals surface area contributed by atoms with Gasteiger partial charge in [-0.05, 0) is 18.9 Å². The van der Waals surface area contributed by atoms with Crippen molar-refractivity contribution in [3.63, 3.8) is 0 Å². The zero-order valence-corrected chi connectivity index (χ0v) is 13.6. The van der Waals surface area contributed by atoms with E-state index in [9.17, 15) is 9.59 Å². The number of aromatic nitrogens is 2. The molecule has 0 unspecified atom stereocenters. The molecule has 22 heavy (non-hydrogen) atoms. The molecule has 0 aliphatic heterocycles. The van der Waals surface area contributed by atoms with Crippen LogP contribution in [-0.2, 0) is 9.53 Å². The molecule has 2 heterocycles.